The van der Waals surface area contributed by atoms with Gasteiger partial charge in [0.05, 0.1) is 13.1 Å². The Balaban J connectivity index is 1.22. The van der Waals surface area contributed by atoms with Crippen LogP contribution in [0.5, 0.6) is 5.75 Å². The highest BCUT2D eigenvalue weighted by molar-refractivity contribution is 5.94. The van der Waals surface area contributed by atoms with Crippen molar-refractivity contribution in [3.63, 3.8) is 0 Å². The van der Waals surface area contributed by atoms with Crippen molar-refractivity contribution in [3.05, 3.63) is 71.2 Å². The van der Waals surface area contributed by atoms with Crippen molar-refractivity contribution in [2.45, 2.75) is 57.1 Å². The normalized spacial score (nSPS) is 18.5. The van der Waals surface area contributed by atoms with Crippen LogP contribution in [0.1, 0.15) is 48.3 Å². The number of rotatable bonds is 6. The van der Waals surface area contributed by atoms with Gasteiger partial charge in [0.1, 0.15) is 11.5 Å². The third-order valence-electron chi connectivity index (χ3n) is 7.75. The smallest absolute Gasteiger partial charge is 0.403 e. The number of ether oxygens (including phenoxy) is 1. The second-order valence-corrected chi connectivity index (χ2v) is 10.5. The van der Waals surface area contributed by atoms with E-state index >= 15 is 0 Å². The number of benzene rings is 2. The monoisotopic (exact) mass is 543 g/mol. The fraction of sp³-hybridized carbons (Fsp3) is 0.429. The molecule has 0 radical (unpaired) electrons. The number of aromatic nitrogens is 2. The SMILES string of the molecule is Cn1cc2c(n1)N(Cc1ccccc1C1CC1)C(=O)N(C1CCN(c3c(F)cccc3OC(F)(F)F)CC1)C2. The summed E-state index contributed by atoms with van der Waals surface area (Å²) in [6.07, 6.45) is 0.264. The van der Waals surface area contributed by atoms with Crippen LogP contribution >= 0.6 is 0 Å². The number of urea groups is 1. The molecular formula is C28H29F4N5O2. The lowest BCUT2D eigenvalue weighted by molar-refractivity contribution is -0.274. The number of hydrogen-bond donors (Lipinski definition) is 0. The quantitative estimate of drug-likeness (QED) is 0.361. The lowest BCUT2D eigenvalue weighted by Gasteiger charge is -2.43. The average Bonchev–Trinajstić information content (AvgIpc) is 3.66. The van der Waals surface area contributed by atoms with Gasteiger partial charge in [0.2, 0.25) is 0 Å². The summed E-state index contributed by atoms with van der Waals surface area (Å²) in [4.78, 5) is 19.0. The Kier molecular flexibility index (Phi) is 6.39. The molecule has 0 N–H and O–H groups in total. The van der Waals surface area contributed by atoms with Crippen LogP contribution in [-0.2, 0) is 20.1 Å². The molecule has 1 aliphatic carbocycles. The number of nitrogens with zero attached hydrogens (tertiary/aromatic N) is 5. The minimum absolute atomic E-state index is 0.141. The standard InChI is InChI=1S/C28H29F4N5O2/c1-34-15-20-17-36(27(38)37(26(20)33-34)16-19-5-2-3-6-22(19)18-9-10-18)21-11-13-35(14-12-21)25-23(29)7-4-8-24(25)39-28(30,31)32/h2-8,15,18,21H,9-14,16-17H2,1H3. The Morgan fingerprint density at radius 3 is 2.49 bits per heavy atom. The molecule has 1 aromatic heterocycles. The topological polar surface area (TPSA) is 53.8 Å². The highest BCUT2D eigenvalue weighted by Crippen LogP contribution is 2.43. The fourth-order valence-corrected chi connectivity index (χ4v) is 5.84. The molecule has 0 atom stereocenters. The van der Waals surface area contributed by atoms with E-state index in [0.29, 0.717) is 37.7 Å². The number of alkyl halides is 3. The number of hydrogen-bond acceptors (Lipinski definition) is 4. The predicted molar refractivity (Wildman–Crippen MR) is 137 cm³/mol. The van der Waals surface area contributed by atoms with Gasteiger partial charge in [-0.3, -0.25) is 9.58 Å². The number of carbonyl (C=O) groups is 1. The van der Waals surface area contributed by atoms with E-state index < -0.39 is 17.9 Å². The van der Waals surface area contributed by atoms with Gasteiger partial charge in [0, 0.05) is 37.9 Å². The van der Waals surface area contributed by atoms with Crippen LogP contribution in [0.15, 0.2) is 48.7 Å². The molecule has 2 aliphatic heterocycles. The molecule has 206 valence electrons. The molecule has 2 aromatic carbocycles. The van der Waals surface area contributed by atoms with E-state index in [-0.39, 0.29) is 30.8 Å². The zero-order chi connectivity index (χ0) is 27.3. The Morgan fingerprint density at radius 1 is 1.03 bits per heavy atom. The van der Waals surface area contributed by atoms with Gasteiger partial charge in [-0.15, -0.1) is 13.2 Å². The summed E-state index contributed by atoms with van der Waals surface area (Å²) in [6.45, 7) is 1.38. The van der Waals surface area contributed by atoms with Gasteiger partial charge < -0.3 is 14.5 Å². The van der Waals surface area contributed by atoms with Crippen LogP contribution < -0.4 is 14.5 Å². The van der Waals surface area contributed by atoms with Crippen LogP contribution in [0.25, 0.3) is 0 Å². The summed E-state index contributed by atoms with van der Waals surface area (Å²) < 4.78 is 59.3. The molecule has 0 spiro atoms. The van der Waals surface area contributed by atoms with Gasteiger partial charge in [-0.1, -0.05) is 30.3 Å². The van der Waals surface area contributed by atoms with E-state index in [1.54, 1.807) is 14.5 Å². The van der Waals surface area contributed by atoms with Gasteiger partial charge in [0.25, 0.3) is 0 Å². The van der Waals surface area contributed by atoms with Crippen LogP contribution in [0.3, 0.4) is 0 Å². The van der Waals surface area contributed by atoms with E-state index in [1.807, 2.05) is 30.3 Å². The highest BCUT2D eigenvalue weighted by Gasteiger charge is 2.40. The maximum atomic E-state index is 14.7. The van der Waals surface area contributed by atoms with Crippen molar-refractivity contribution in [3.8, 4) is 5.75 Å². The third-order valence-corrected chi connectivity index (χ3v) is 7.75. The minimum atomic E-state index is -4.93. The lowest BCUT2D eigenvalue weighted by atomic mass is 10.00. The highest BCUT2D eigenvalue weighted by atomic mass is 19.4. The minimum Gasteiger partial charge on any atom is -0.403 e. The largest absolute Gasteiger partial charge is 0.573 e. The van der Waals surface area contributed by atoms with Gasteiger partial charge in [-0.2, -0.15) is 5.10 Å². The lowest BCUT2D eigenvalue weighted by Crippen LogP contribution is -2.54. The number of anilines is 2. The summed E-state index contributed by atoms with van der Waals surface area (Å²) >= 11 is 0. The van der Waals surface area contributed by atoms with Crippen molar-refractivity contribution < 1.29 is 27.1 Å². The number of fused-ring (bicyclic) bond motifs is 1. The maximum absolute atomic E-state index is 14.7. The predicted octanol–water partition coefficient (Wildman–Crippen LogP) is 5.95. The average molecular weight is 544 g/mol. The Labute approximate surface area is 223 Å². The molecular weight excluding hydrogens is 514 g/mol. The van der Waals surface area contributed by atoms with Gasteiger partial charge >= 0.3 is 12.4 Å². The van der Waals surface area contributed by atoms with Crippen molar-refractivity contribution in [1.29, 1.82) is 0 Å². The number of halogens is 4. The molecule has 7 nitrogen and oxygen atoms in total. The molecule has 6 rings (SSSR count). The summed E-state index contributed by atoms with van der Waals surface area (Å²) in [7, 11) is 1.83. The van der Waals surface area contributed by atoms with Gasteiger partial charge in [0.15, 0.2) is 11.6 Å². The zero-order valence-electron chi connectivity index (χ0n) is 21.5. The van der Waals surface area contributed by atoms with Crippen molar-refractivity contribution >= 4 is 17.5 Å². The van der Waals surface area contributed by atoms with Crippen molar-refractivity contribution in [2.75, 3.05) is 22.9 Å². The van der Waals surface area contributed by atoms with Crippen LogP contribution in [0, 0.1) is 5.82 Å². The van der Waals surface area contributed by atoms with Crippen molar-refractivity contribution in [2.24, 2.45) is 7.05 Å². The first kappa shape index (κ1) is 25.5. The molecule has 39 heavy (non-hydrogen) atoms. The second kappa shape index (κ2) is 9.77. The molecule has 0 bridgehead atoms. The Morgan fingerprint density at radius 2 is 1.77 bits per heavy atom. The first-order valence-corrected chi connectivity index (χ1v) is 13.2. The zero-order valence-corrected chi connectivity index (χ0v) is 21.5. The summed E-state index contributed by atoms with van der Waals surface area (Å²) in [5, 5.41) is 4.59. The molecule has 2 fully saturated rings. The van der Waals surface area contributed by atoms with E-state index in [9.17, 15) is 22.4 Å². The van der Waals surface area contributed by atoms with Gasteiger partial charge in [-0.25, -0.2) is 9.18 Å². The number of aryl methyl sites for hydroxylation is 1. The van der Waals surface area contributed by atoms with Crippen LogP contribution in [-0.4, -0.2) is 46.2 Å². The molecule has 1 saturated carbocycles. The molecule has 1 saturated heterocycles. The Bertz CT molecular complexity index is 1380. The third kappa shape index (κ3) is 5.14. The number of carbonyl (C=O) groups excluding carboxylic acids is 1. The molecule has 3 heterocycles. The molecule has 0 unspecified atom stereocenters. The summed E-state index contributed by atoms with van der Waals surface area (Å²) in [6, 6.07) is 11.4. The van der Waals surface area contributed by atoms with E-state index in [1.165, 1.54) is 11.6 Å². The van der Waals surface area contributed by atoms with E-state index in [4.69, 9.17) is 0 Å². The molecule has 3 aromatic rings. The van der Waals surface area contributed by atoms with Crippen LogP contribution in [0.2, 0.25) is 0 Å². The number of amides is 2. The van der Waals surface area contributed by atoms with E-state index in [2.05, 4.69) is 22.0 Å². The fourth-order valence-electron chi connectivity index (χ4n) is 5.84. The molecule has 11 heteroatoms. The van der Waals surface area contributed by atoms with E-state index in [0.717, 1.165) is 36.1 Å². The second-order valence-electron chi connectivity index (χ2n) is 10.5. The number of para-hydroxylation sites is 1. The first-order valence-electron chi connectivity index (χ1n) is 13.2. The first-order chi connectivity index (χ1) is 18.7. The van der Waals surface area contributed by atoms with Crippen LogP contribution in [0.4, 0.5) is 33.9 Å². The molecule has 3 aliphatic rings. The molecule has 2 amide bonds. The summed E-state index contributed by atoms with van der Waals surface area (Å²) in [5.74, 6) is -0.142. The summed E-state index contributed by atoms with van der Waals surface area (Å²) in [5.41, 5.74) is 3.12. The number of piperidine rings is 1. The maximum Gasteiger partial charge on any atom is 0.573 e. The van der Waals surface area contributed by atoms with Gasteiger partial charge in [-0.05, 0) is 54.9 Å². The van der Waals surface area contributed by atoms with Crippen molar-refractivity contribution in [1.82, 2.24) is 14.7 Å². The Hall–Kier alpha value is -3.76.